The Morgan fingerprint density at radius 1 is 1.32 bits per heavy atom. The zero-order valence-electron chi connectivity index (χ0n) is 15.2. The van der Waals surface area contributed by atoms with Gasteiger partial charge in [0.25, 0.3) is 5.91 Å². The second-order valence-electron chi connectivity index (χ2n) is 6.23. The topological polar surface area (TPSA) is 117 Å². The number of rotatable bonds is 5. The van der Waals surface area contributed by atoms with Crippen LogP contribution in [0.1, 0.15) is 15.9 Å². The van der Waals surface area contributed by atoms with E-state index in [1.54, 1.807) is 11.4 Å². The first-order valence-corrected chi connectivity index (χ1v) is 10.2. The Balaban J connectivity index is 1.77. The summed E-state index contributed by atoms with van der Waals surface area (Å²) < 4.78 is 41.2. The van der Waals surface area contributed by atoms with E-state index in [9.17, 15) is 27.6 Å². The fraction of sp³-hybridized carbons (Fsp3) is 0.111. The molecule has 0 radical (unpaired) electrons. The van der Waals surface area contributed by atoms with E-state index in [-0.39, 0.29) is 15.9 Å². The molecule has 3 N–H and O–H groups in total. The molecule has 8 nitrogen and oxygen atoms in total. The van der Waals surface area contributed by atoms with Crippen LogP contribution in [0.2, 0.25) is 0 Å². The number of benzene rings is 1. The molecule has 0 bridgehead atoms. The van der Waals surface area contributed by atoms with Crippen LogP contribution in [0, 0.1) is 0 Å². The molecule has 0 aliphatic heterocycles. The lowest BCUT2D eigenvalue weighted by molar-refractivity contribution is -0.136. The van der Waals surface area contributed by atoms with Gasteiger partial charge in [-0.3, -0.25) is 19.5 Å². The normalized spacial score (nSPS) is 11.8. The number of H-pyrrole nitrogens is 1. The average molecular weight is 468 g/mol. The summed E-state index contributed by atoms with van der Waals surface area (Å²) in [5.74, 6) is -2.18. The van der Waals surface area contributed by atoms with Crippen molar-refractivity contribution in [3.8, 4) is 0 Å². The number of carbonyl (C=O) groups is 2. The predicted molar refractivity (Wildman–Crippen MR) is 107 cm³/mol. The molecule has 0 atom stereocenters. The summed E-state index contributed by atoms with van der Waals surface area (Å²) in [6, 6.07) is 5.03. The number of aromatic nitrogens is 3. The number of fused-ring (bicyclic) bond motifs is 2. The molecule has 13 heteroatoms. The van der Waals surface area contributed by atoms with E-state index in [1.165, 1.54) is 16.9 Å². The highest BCUT2D eigenvalue weighted by Crippen LogP contribution is 2.43. The number of aliphatic carboxylic acids is 1. The number of carboxylic acid groups (broad SMARTS) is 1. The van der Waals surface area contributed by atoms with Crippen LogP contribution in [0.25, 0.3) is 15.7 Å². The van der Waals surface area contributed by atoms with Crippen molar-refractivity contribution in [2.75, 3.05) is 6.54 Å². The smallest absolute Gasteiger partial charge is 0.417 e. The minimum absolute atomic E-state index is 0.0339. The third-order valence-corrected chi connectivity index (χ3v) is 6.49. The largest absolute Gasteiger partial charge is 0.480 e. The van der Waals surface area contributed by atoms with Crippen LogP contribution < -0.4 is 10.7 Å². The summed E-state index contributed by atoms with van der Waals surface area (Å²) in [5, 5.41) is 15.8. The highest BCUT2D eigenvalue weighted by atomic mass is 32.2. The lowest BCUT2D eigenvalue weighted by Gasteiger charge is -2.09. The molecule has 1 amide bonds. The number of amides is 1. The maximum atomic E-state index is 13.3. The molecular formula is C18H11F3N4O4S2. The summed E-state index contributed by atoms with van der Waals surface area (Å²) in [4.78, 5) is 40.0. The van der Waals surface area contributed by atoms with Crippen LogP contribution in [0.15, 0.2) is 50.7 Å². The molecule has 0 saturated carbocycles. The van der Waals surface area contributed by atoms with Crippen molar-refractivity contribution in [3.05, 3.63) is 57.3 Å². The molecule has 4 aromatic rings. The van der Waals surface area contributed by atoms with E-state index in [1.807, 2.05) is 0 Å². The molecular weight excluding hydrogens is 457 g/mol. The first-order valence-electron chi connectivity index (χ1n) is 8.51. The third-order valence-electron chi connectivity index (χ3n) is 4.24. The molecule has 31 heavy (non-hydrogen) atoms. The summed E-state index contributed by atoms with van der Waals surface area (Å²) >= 11 is 1.98. The van der Waals surface area contributed by atoms with Crippen molar-refractivity contribution < 1.29 is 27.9 Å². The van der Waals surface area contributed by atoms with E-state index in [2.05, 4.69) is 15.4 Å². The number of carbonyl (C=O) groups excluding carboxylic acids is 1. The predicted octanol–water partition coefficient (Wildman–Crippen LogP) is 3.22. The van der Waals surface area contributed by atoms with Crippen LogP contribution in [0.5, 0.6) is 0 Å². The van der Waals surface area contributed by atoms with Crippen molar-refractivity contribution in [2.24, 2.45) is 0 Å². The van der Waals surface area contributed by atoms with Crippen molar-refractivity contribution in [1.82, 2.24) is 19.9 Å². The number of hydrogen-bond donors (Lipinski definition) is 3. The van der Waals surface area contributed by atoms with Crippen molar-refractivity contribution in [3.63, 3.8) is 0 Å². The number of carboxylic acids is 1. The number of hydrogen-bond acceptors (Lipinski definition) is 6. The minimum atomic E-state index is -4.50. The Labute approximate surface area is 178 Å². The number of nitrogens with one attached hydrogen (secondary N) is 2. The first kappa shape index (κ1) is 20.9. The van der Waals surface area contributed by atoms with Gasteiger partial charge in [0.05, 0.1) is 5.56 Å². The average Bonchev–Trinajstić information content (AvgIpc) is 3.33. The molecule has 0 unspecified atom stereocenters. The van der Waals surface area contributed by atoms with Gasteiger partial charge in [0.2, 0.25) is 0 Å². The summed E-state index contributed by atoms with van der Waals surface area (Å²) in [6.07, 6.45) is -3.26. The lowest BCUT2D eigenvalue weighted by atomic mass is 10.1. The zero-order valence-corrected chi connectivity index (χ0v) is 16.8. The lowest BCUT2D eigenvalue weighted by Crippen LogP contribution is -2.33. The van der Waals surface area contributed by atoms with Crippen LogP contribution in [0.4, 0.5) is 13.2 Å². The highest BCUT2D eigenvalue weighted by molar-refractivity contribution is 7.99. The van der Waals surface area contributed by atoms with Gasteiger partial charge in [0.15, 0.2) is 11.1 Å². The zero-order chi connectivity index (χ0) is 22.3. The first-order chi connectivity index (χ1) is 14.7. The number of alkyl halides is 3. The Morgan fingerprint density at radius 3 is 2.81 bits per heavy atom. The van der Waals surface area contributed by atoms with Gasteiger partial charge in [-0.05, 0) is 6.07 Å². The maximum absolute atomic E-state index is 13.3. The van der Waals surface area contributed by atoms with E-state index in [4.69, 9.17) is 5.11 Å². The van der Waals surface area contributed by atoms with Crippen LogP contribution in [0.3, 0.4) is 0 Å². The molecule has 0 saturated heterocycles. The van der Waals surface area contributed by atoms with E-state index >= 15 is 0 Å². The highest BCUT2D eigenvalue weighted by Gasteiger charge is 2.33. The molecule has 0 spiro atoms. The van der Waals surface area contributed by atoms with Crippen LogP contribution in [-0.2, 0) is 11.0 Å². The van der Waals surface area contributed by atoms with Gasteiger partial charge < -0.3 is 10.4 Å². The second kappa shape index (κ2) is 7.74. The van der Waals surface area contributed by atoms with Crippen molar-refractivity contribution >= 4 is 50.7 Å². The van der Waals surface area contributed by atoms with Crippen LogP contribution in [-0.4, -0.2) is 38.1 Å². The standard InChI is InChI=1S/C18H11F3N4O4S2/c19-18(20,21)9-3-1-2-8-11(6-30-15(8)9)31-12-4-10(26)14(16-23-7-24-25(12)16)17(29)22-5-13(27)28/h1-4,6-7H,5H2,(H,22,29)(H,23,24)(H,27,28). The van der Waals surface area contributed by atoms with Gasteiger partial charge >= 0.3 is 12.1 Å². The van der Waals surface area contributed by atoms with Gasteiger partial charge in [-0.15, -0.1) is 11.3 Å². The van der Waals surface area contributed by atoms with E-state index in [0.717, 1.165) is 35.2 Å². The second-order valence-corrected chi connectivity index (χ2v) is 8.17. The molecule has 4 rings (SSSR count). The summed E-state index contributed by atoms with van der Waals surface area (Å²) in [6.45, 7) is -0.673. The fourth-order valence-corrected chi connectivity index (χ4v) is 5.22. The summed E-state index contributed by atoms with van der Waals surface area (Å²) in [5.41, 5.74) is -1.82. The Hall–Kier alpha value is -3.32. The molecule has 3 heterocycles. The number of aromatic amines is 1. The van der Waals surface area contributed by atoms with Crippen molar-refractivity contribution in [2.45, 2.75) is 16.1 Å². The van der Waals surface area contributed by atoms with Gasteiger partial charge in [0, 0.05) is 26.4 Å². The fourth-order valence-electron chi connectivity index (χ4n) is 2.95. The van der Waals surface area contributed by atoms with Crippen molar-refractivity contribution in [1.29, 1.82) is 0 Å². The SMILES string of the molecule is O=C(O)CNC(=O)c1c(=O)cc(Sc2csc3c(C(F)(F)F)cccc23)n2[nH]cnc12. The van der Waals surface area contributed by atoms with E-state index < -0.39 is 35.6 Å². The van der Waals surface area contributed by atoms with Gasteiger partial charge in [0.1, 0.15) is 23.5 Å². The number of nitrogens with zero attached hydrogens (tertiary/aromatic N) is 2. The number of thiophene rings is 1. The summed E-state index contributed by atoms with van der Waals surface area (Å²) in [7, 11) is 0. The molecule has 0 aliphatic carbocycles. The number of pyridine rings is 1. The molecule has 3 aromatic heterocycles. The Kier molecular flexibility index (Phi) is 5.23. The van der Waals surface area contributed by atoms with E-state index in [0.29, 0.717) is 15.3 Å². The molecule has 0 fully saturated rings. The third kappa shape index (κ3) is 3.88. The Bertz CT molecular complexity index is 1390. The number of halogens is 3. The minimum Gasteiger partial charge on any atom is -0.480 e. The Morgan fingerprint density at radius 2 is 2.10 bits per heavy atom. The van der Waals surface area contributed by atoms with Gasteiger partial charge in [-0.25, -0.2) is 9.50 Å². The molecule has 0 aliphatic rings. The monoisotopic (exact) mass is 468 g/mol. The molecule has 160 valence electrons. The molecule has 1 aromatic carbocycles. The van der Waals surface area contributed by atoms with Gasteiger partial charge in [-0.1, -0.05) is 23.9 Å². The van der Waals surface area contributed by atoms with Crippen LogP contribution >= 0.6 is 23.1 Å². The quantitative estimate of drug-likeness (QED) is 0.414. The van der Waals surface area contributed by atoms with Gasteiger partial charge in [-0.2, -0.15) is 13.2 Å². The maximum Gasteiger partial charge on any atom is 0.417 e.